The molecule has 3 rings (SSSR count). The average molecular weight is 424 g/mol. The number of carbonyl (C=O) groups is 2. The molecule has 1 unspecified atom stereocenters. The zero-order valence-corrected chi connectivity index (χ0v) is 16.9. The number of halogens is 2. The van der Waals surface area contributed by atoms with Crippen molar-refractivity contribution >= 4 is 41.8 Å². The molecule has 28 heavy (non-hydrogen) atoms. The molecule has 2 aromatic carbocycles. The van der Waals surface area contributed by atoms with Gasteiger partial charge in [0.2, 0.25) is 0 Å². The van der Waals surface area contributed by atoms with Gasteiger partial charge in [0.15, 0.2) is 4.93 Å². The normalized spacial score (nSPS) is 15.6. The van der Waals surface area contributed by atoms with Gasteiger partial charge >= 0.3 is 5.97 Å². The monoisotopic (exact) mass is 423 g/mol. The van der Waals surface area contributed by atoms with Gasteiger partial charge in [0.1, 0.15) is 12.4 Å². The second-order valence-electron chi connectivity index (χ2n) is 7.40. The fraction of sp³-hybridized carbons (Fsp3) is 0.300. The van der Waals surface area contributed by atoms with Gasteiger partial charge in [-0.1, -0.05) is 25.4 Å². The van der Waals surface area contributed by atoms with Crippen molar-refractivity contribution in [3.8, 4) is 0 Å². The molecule has 5 nitrogen and oxygen atoms in total. The summed E-state index contributed by atoms with van der Waals surface area (Å²) in [7, 11) is 0. The first-order chi connectivity index (χ1) is 13.0. The summed E-state index contributed by atoms with van der Waals surface area (Å²) in [5.41, 5.74) is 1.11. The molecule has 1 heterocycles. The molecule has 0 radical (unpaired) electrons. The number of carbonyl (C=O) groups excluding carboxylic acids is 2. The number of thiol groups is 1. The number of ether oxygens (including phenoxy) is 1. The zero-order valence-electron chi connectivity index (χ0n) is 15.3. The lowest BCUT2D eigenvalue weighted by atomic mass is 9.79. The predicted octanol–water partition coefficient (Wildman–Crippen LogP) is 4.07. The van der Waals surface area contributed by atoms with Gasteiger partial charge in [-0.15, -0.1) is 12.6 Å². The number of fused-ring (bicyclic) bond motifs is 1. The number of hydrogen-bond donors (Lipinski definition) is 3. The van der Waals surface area contributed by atoms with E-state index in [1.807, 2.05) is 0 Å². The van der Waals surface area contributed by atoms with E-state index in [1.54, 1.807) is 32.0 Å². The van der Waals surface area contributed by atoms with E-state index in [4.69, 9.17) is 16.3 Å². The number of esters is 1. The molecule has 1 amide bonds. The van der Waals surface area contributed by atoms with Gasteiger partial charge in [-0.3, -0.25) is 4.79 Å². The van der Waals surface area contributed by atoms with Gasteiger partial charge in [-0.25, -0.2) is 9.18 Å². The number of nitrogens with one attached hydrogen (secondary N) is 1. The molecule has 1 aliphatic rings. The van der Waals surface area contributed by atoms with Crippen LogP contribution in [-0.4, -0.2) is 21.9 Å². The second kappa shape index (κ2) is 7.39. The fourth-order valence-electron chi connectivity index (χ4n) is 3.25. The summed E-state index contributed by atoms with van der Waals surface area (Å²) in [6, 6.07) is 8.65. The van der Waals surface area contributed by atoms with Gasteiger partial charge in [0, 0.05) is 22.7 Å². The van der Waals surface area contributed by atoms with Crippen LogP contribution in [0.1, 0.15) is 41.8 Å². The van der Waals surface area contributed by atoms with Crippen molar-refractivity contribution in [3.05, 3.63) is 63.9 Å². The zero-order chi connectivity index (χ0) is 20.7. The van der Waals surface area contributed by atoms with Gasteiger partial charge in [-0.05, 0) is 47.4 Å². The van der Waals surface area contributed by atoms with Crippen molar-refractivity contribution in [1.29, 1.82) is 0 Å². The Bertz CT molecular complexity index is 961. The topological polar surface area (TPSA) is 75.6 Å². The highest BCUT2D eigenvalue weighted by Crippen LogP contribution is 2.38. The lowest BCUT2D eigenvalue weighted by Gasteiger charge is -2.33. The maximum atomic E-state index is 13.6. The molecule has 148 valence electrons. The quantitative estimate of drug-likeness (QED) is 0.385. The molecule has 8 heteroatoms. The fourth-order valence-corrected chi connectivity index (χ4v) is 4.07. The summed E-state index contributed by atoms with van der Waals surface area (Å²) < 4.78 is 18.6. The van der Waals surface area contributed by atoms with Crippen LogP contribution in [0.2, 0.25) is 5.02 Å². The van der Waals surface area contributed by atoms with Crippen LogP contribution in [0.5, 0.6) is 0 Å². The molecular formula is C20H19ClFNO4S. The van der Waals surface area contributed by atoms with Crippen molar-refractivity contribution in [2.75, 3.05) is 5.32 Å². The third kappa shape index (κ3) is 4.16. The second-order valence-corrected chi connectivity index (χ2v) is 8.55. The van der Waals surface area contributed by atoms with Crippen LogP contribution in [-0.2, 0) is 21.6 Å². The number of rotatable bonds is 5. The maximum Gasteiger partial charge on any atom is 0.338 e. The van der Waals surface area contributed by atoms with Crippen molar-refractivity contribution in [2.45, 2.75) is 37.2 Å². The number of cyclic esters (lactones) is 1. The van der Waals surface area contributed by atoms with E-state index in [0.29, 0.717) is 27.4 Å². The highest BCUT2D eigenvalue weighted by Gasteiger charge is 2.40. The SMILES string of the molecule is CC(C)(CC(O)(S)C(=O)Nc1ccc2c(c1)COC2=O)c1cc(F)ccc1Cl. The Morgan fingerprint density at radius 1 is 1.32 bits per heavy atom. The first-order valence-electron chi connectivity index (χ1n) is 8.51. The third-order valence-electron chi connectivity index (χ3n) is 4.65. The highest BCUT2D eigenvalue weighted by molar-refractivity contribution is 7.82. The molecule has 0 aliphatic carbocycles. The lowest BCUT2D eigenvalue weighted by Crippen LogP contribution is -2.42. The van der Waals surface area contributed by atoms with Crippen LogP contribution < -0.4 is 5.32 Å². The summed E-state index contributed by atoms with van der Waals surface area (Å²) in [6.07, 6.45) is -0.120. The molecule has 0 aromatic heterocycles. The molecule has 0 bridgehead atoms. The number of amides is 1. The molecular weight excluding hydrogens is 405 g/mol. The summed E-state index contributed by atoms with van der Waals surface area (Å²) in [5.74, 6) is -1.62. The van der Waals surface area contributed by atoms with Gasteiger partial charge in [-0.2, -0.15) is 0 Å². The molecule has 2 aromatic rings. The molecule has 0 saturated heterocycles. The minimum absolute atomic E-state index is 0.120. The van der Waals surface area contributed by atoms with Crippen LogP contribution in [0.25, 0.3) is 0 Å². The summed E-state index contributed by atoms with van der Waals surface area (Å²) in [6.45, 7) is 3.61. The van der Waals surface area contributed by atoms with Gasteiger partial charge in [0.25, 0.3) is 5.91 Å². The van der Waals surface area contributed by atoms with E-state index >= 15 is 0 Å². The Kier molecular flexibility index (Phi) is 5.44. The minimum atomic E-state index is -2.05. The van der Waals surface area contributed by atoms with E-state index in [-0.39, 0.29) is 13.0 Å². The van der Waals surface area contributed by atoms with E-state index in [1.165, 1.54) is 18.2 Å². The van der Waals surface area contributed by atoms with E-state index < -0.39 is 28.0 Å². The molecule has 0 fully saturated rings. The van der Waals surface area contributed by atoms with E-state index in [0.717, 1.165) is 0 Å². The Morgan fingerprint density at radius 2 is 2.04 bits per heavy atom. The number of benzene rings is 2. The number of hydrogen-bond acceptors (Lipinski definition) is 5. The van der Waals surface area contributed by atoms with Crippen LogP contribution in [0.3, 0.4) is 0 Å². The first-order valence-corrected chi connectivity index (χ1v) is 9.34. The largest absolute Gasteiger partial charge is 0.457 e. The van der Waals surface area contributed by atoms with Gasteiger partial charge in [0.05, 0.1) is 5.56 Å². The minimum Gasteiger partial charge on any atom is -0.457 e. The van der Waals surface area contributed by atoms with Crippen molar-refractivity contribution < 1.29 is 23.8 Å². The highest BCUT2D eigenvalue weighted by atomic mass is 35.5. The van der Waals surface area contributed by atoms with E-state index in [9.17, 15) is 19.1 Å². The van der Waals surface area contributed by atoms with Crippen molar-refractivity contribution in [1.82, 2.24) is 0 Å². The van der Waals surface area contributed by atoms with Crippen LogP contribution in [0.4, 0.5) is 10.1 Å². The van der Waals surface area contributed by atoms with Crippen molar-refractivity contribution in [3.63, 3.8) is 0 Å². The number of anilines is 1. The maximum absolute atomic E-state index is 13.6. The lowest BCUT2D eigenvalue weighted by molar-refractivity contribution is -0.127. The summed E-state index contributed by atoms with van der Waals surface area (Å²) in [4.78, 5) is 22.1. The smallest absolute Gasteiger partial charge is 0.338 e. The standard InChI is InChI=1S/C20H19ClFNO4S/c1-19(2,15-8-12(22)3-6-16(15)21)10-20(26,28)18(25)23-13-4-5-14-11(7-13)9-27-17(14)24/h3-8,26,28H,9-10H2,1-2H3,(H,23,25). The third-order valence-corrected chi connectivity index (χ3v) is 5.34. The first kappa shape index (κ1) is 20.6. The Labute approximate surface area is 172 Å². The van der Waals surface area contributed by atoms with Crippen LogP contribution in [0, 0.1) is 5.82 Å². The molecule has 2 N–H and O–H groups in total. The Balaban J connectivity index is 1.77. The van der Waals surface area contributed by atoms with Crippen LogP contribution in [0.15, 0.2) is 36.4 Å². The molecule has 0 saturated carbocycles. The van der Waals surface area contributed by atoms with E-state index in [2.05, 4.69) is 17.9 Å². The summed E-state index contributed by atoms with van der Waals surface area (Å²) >= 11 is 10.3. The Hall–Kier alpha value is -2.09. The summed E-state index contributed by atoms with van der Waals surface area (Å²) in [5, 5.41) is 13.6. The molecule has 1 atom stereocenters. The Morgan fingerprint density at radius 3 is 2.75 bits per heavy atom. The average Bonchev–Trinajstić information content (AvgIpc) is 2.96. The number of aliphatic hydroxyl groups is 1. The molecule has 1 aliphatic heterocycles. The predicted molar refractivity (Wildman–Crippen MR) is 107 cm³/mol. The van der Waals surface area contributed by atoms with Crippen molar-refractivity contribution in [2.24, 2.45) is 0 Å². The van der Waals surface area contributed by atoms with Gasteiger partial charge < -0.3 is 15.2 Å². The molecule has 0 spiro atoms. The van der Waals surface area contributed by atoms with Crippen LogP contribution >= 0.6 is 24.2 Å².